The minimum atomic E-state index is -1.47. The molecule has 13 nitrogen and oxygen atoms in total. The molecule has 3 N–H and O–H groups in total. The lowest BCUT2D eigenvalue weighted by Gasteiger charge is -2.37. The summed E-state index contributed by atoms with van der Waals surface area (Å²) < 4.78 is 17.9. The summed E-state index contributed by atoms with van der Waals surface area (Å²) in [5.41, 5.74) is 16.3. The van der Waals surface area contributed by atoms with E-state index in [1.165, 1.54) is 0 Å². The maximum Gasteiger partial charge on any atom is 0.255 e. The Morgan fingerprint density at radius 2 is 1.75 bits per heavy atom. The number of aliphatic hydroxyl groups excluding tert-OH is 1. The van der Waals surface area contributed by atoms with Gasteiger partial charge >= 0.3 is 0 Å². The number of benzene rings is 3. The van der Waals surface area contributed by atoms with Gasteiger partial charge in [0.05, 0.1) is 19.8 Å². The van der Waals surface area contributed by atoms with E-state index in [4.69, 9.17) is 35.4 Å². The van der Waals surface area contributed by atoms with Gasteiger partial charge in [0, 0.05) is 43.7 Å². The Morgan fingerprint density at radius 3 is 2.48 bits per heavy atom. The predicted octanol–water partition coefficient (Wildman–Crippen LogP) is 4.04. The smallest absolute Gasteiger partial charge is 0.255 e. The Balaban J connectivity index is 1.66. The van der Waals surface area contributed by atoms with Gasteiger partial charge in [0.25, 0.3) is 5.91 Å². The lowest BCUT2D eigenvalue weighted by molar-refractivity contribution is -0.143. The van der Waals surface area contributed by atoms with Crippen LogP contribution in [0.1, 0.15) is 34.8 Å². The second-order valence-corrected chi connectivity index (χ2v) is 10.3. The van der Waals surface area contributed by atoms with Crippen molar-refractivity contribution < 1.29 is 24.1 Å². The van der Waals surface area contributed by atoms with Crippen LogP contribution < -0.4 is 14.6 Å². The first-order valence-corrected chi connectivity index (χ1v) is 14.3. The number of morpholine rings is 1. The molecule has 1 amide bonds. The number of hydrogen-bond donors (Lipinski definition) is 3. The van der Waals surface area contributed by atoms with Crippen molar-refractivity contribution in [3.8, 4) is 5.75 Å². The van der Waals surface area contributed by atoms with Gasteiger partial charge in [-0.05, 0) is 41.5 Å². The molecule has 0 aromatic heterocycles. The number of rotatable bonds is 12. The topological polar surface area (TPSA) is 181 Å². The molecule has 1 fully saturated rings. The summed E-state index contributed by atoms with van der Waals surface area (Å²) in [5, 5.41) is 17.0. The fraction of sp³-hybridized carbons (Fsp3) is 0.355. The standard InChI is InChI=1S/C31H34N8O5/c32-37-34-21-24-7-2-1-6-23(24)20-31(30(41)39-14-18-42-19-15-39)28(26-8-3-4-9-27(26)36-38-33)44-29(35-31)22-10-12-25(13-11-22)43-17-5-16-40/h1-4,6-13,28,32-33,40H,5,14-21H2/q+2/t28-,31-/m1/s1. The average Bonchev–Trinajstić information content (AvgIpc) is 3.45. The van der Waals surface area contributed by atoms with E-state index in [1.54, 1.807) is 29.2 Å². The third-order valence-electron chi connectivity index (χ3n) is 7.57. The van der Waals surface area contributed by atoms with Crippen molar-refractivity contribution in [2.24, 2.45) is 15.2 Å². The third kappa shape index (κ3) is 6.61. The molecule has 0 radical (unpaired) electrons. The molecule has 2 aliphatic heterocycles. The van der Waals surface area contributed by atoms with E-state index in [1.807, 2.05) is 48.5 Å². The molecule has 0 unspecified atom stereocenters. The summed E-state index contributed by atoms with van der Waals surface area (Å²) in [6.07, 6.45) is -0.234. The molecule has 5 rings (SSSR count). The number of aliphatic hydroxyl groups is 1. The zero-order valence-electron chi connectivity index (χ0n) is 24.1. The molecular weight excluding hydrogens is 564 g/mol. The van der Waals surface area contributed by atoms with Gasteiger partial charge < -0.3 is 24.2 Å². The predicted molar refractivity (Wildman–Crippen MR) is 159 cm³/mol. The zero-order chi connectivity index (χ0) is 30.8. The summed E-state index contributed by atoms with van der Waals surface area (Å²) in [6.45, 7) is 2.22. The summed E-state index contributed by atoms with van der Waals surface area (Å²) >= 11 is 0. The van der Waals surface area contributed by atoms with Crippen LogP contribution in [0.4, 0.5) is 5.69 Å². The number of carbonyl (C=O) groups is 1. The van der Waals surface area contributed by atoms with E-state index >= 15 is 0 Å². The summed E-state index contributed by atoms with van der Waals surface area (Å²) in [7, 11) is 0. The van der Waals surface area contributed by atoms with Gasteiger partial charge in [-0.2, -0.15) is 0 Å². The minimum absolute atomic E-state index is 0.0414. The molecule has 2 atom stereocenters. The van der Waals surface area contributed by atoms with E-state index in [-0.39, 0.29) is 31.4 Å². The van der Waals surface area contributed by atoms with Crippen LogP contribution >= 0.6 is 0 Å². The number of ether oxygens (including phenoxy) is 3. The van der Waals surface area contributed by atoms with Crippen LogP contribution in [0.3, 0.4) is 0 Å². The van der Waals surface area contributed by atoms with E-state index in [2.05, 4.69) is 20.1 Å². The molecule has 1 saturated heterocycles. The van der Waals surface area contributed by atoms with E-state index in [9.17, 15) is 4.79 Å². The number of aliphatic imine (C=N–C) groups is 1. The van der Waals surface area contributed by atoms with Crippen molar-refractivity contribution in [2.45, 2.75) is 31.0 Å². The Bertz CT molecular complexity index is 1590. The minimum Gasteiger partial charge on any atom is -0.494 e. The van der Waals surface area contributed by atoms with Crippen LogP contribution in [0.15, 0.2) is 88.0 Å². The van der Waals surface area contributed by atoms with Crippen LogP contribution in [0.25, 0.3) is 0 Å². The molecule has 2 aliphatic rings. The first kappa shape index (κ1) is 30.4. The van der Waals surface area contributed by atoms with Crippen molar-refractivity contribution in [3.05, 3.63) is 95.1 Å². The van der Waals surface area contributed by atoms with Gasteiger partial charge in [-0.25, -0.2) is 4.99 Å². The quantitative estimate of drug-likeness (QED) is 0.161. The van der Waals surface area contributed by atoms with Crippen LogP contribution in [-0.2, 0) is 27.2 Å². The lowest BCUT2D eigenvalue weighted by atomic mass is 9.80. The number of amides is 1. The summed E-state index contributed by atoms with van der Waals surface area (Å²) in [4.78, 5) is 28.1. The maximum atomic E-state index is 14.8. The second-order valence-electron chi connectivity index (χ2n) is 10.3. The fourth-order valence-corrected chi connectivity index (χ4v) is 5.43. The maximum absolute atomic E-state index is 14.8. The fourth-order valence-electron chi connectivity index (χ4n) is 5.43. The molecule has 0 bridgehead atoms. The van der Waals surface area contributed by atoms with Gasteiger partial charge in [0.2, 0.25) is 15.7 Å². The summed E-state index contributed by atoms with van der Waals surface area (Å²) in [5.74, 6) is 0.686. The Labute approximate surface area is 253 Å². The van der Waals surface area contributed by atoms with Crippen LogP contribution in [-0.4, -0.2) is 66.9 Å². The molecule has 13 heteroatoms. The van der Waals surface area contributed by atoms with E-state index in [0.717, 1.165) is 11.1 Å². The number of carbonyl (C=O) groups excluding carboxylic acids is 1. The molecule has 3 aromatic carbocycles. The van der Waals surface area contributed by atoms with Crippen molar-refractivity contribution in [1.29, 1.82) is 11.1 Å². The molecular formula is C31H34N8O5+2. The van der Waals surface area contributed by atoms with Gasteiger partial charge in [-0.3, -0.25) is 4.79 Å². The zero-order valence-corrected chi connectivity index (χ0v) is 24.1. The van der Waals surface area contributed by atoms with E-state index < -0.39 is 11.6 Å². The van der Waals surface area contributed by atoms with E-state index in [0.29, 0.717) is 61.9 Å². The van der Waals surface area contributed by atoms with Crippen molar-refractivity contribution in [1.82, 2.24) is 14.7 Å². The number of hydrogen-bond acceptors (Lipinski definition) is 10. The van der Waals surface area contributed by atoms with Crippen molar-refractivity contribution >= 4 is 17.5 Å². The first-order chi connectivity index (χ1) is 21.6. The second kappa shape index (κ2) is 14.4. The highest BCUT2D eigenvalue weighted by molar-refractivity contribution is 6.01. The number of nitrogens with one attached hydrogen (secondary N) is 2. The molecule has 3 aromatic rings. The highest BCUT2D eigenvalue weighted by atomic mass is 16.5. The number of nitrogens with zero attached hydrogens (tertiary/aromatic N) is 6. The Hall–Kier alpha value is -5.06. The molecule has 0 aliphatic carbocycles. The highest BCUT2D eigenvalue weighted by Gasteiger charge is 2.56. The molecule has 44 heavy (non-hydrogen) atoms. The Morgan fingerprint density at radius 1 is 1.02 bits per heavy atom. The third-order valence-corrected chi connectivity index (χ3v) is 7.57. The van der Waals surface area contributed by atoms with Gasteiger partial charge in [-0.15, -0.1) is 0 Å². The average molecular weight is 599 g/mol. The molecule has 0 spiro atoms. The Kier molecular flexibility index (Phi) is 9.96. The lowest BCUT2D eigenvalue weighted by Crippen LogP contribution is -2.54. The van der Waals surface area contributed by atoms with Crippen molar-refractivity contribution in [3.63, 3.8) is 0 Å². The van der Waals surface area contributed by atoms with Crippen LogP contribution in [0.2, 0.25) is 0 Å². The molecule has 2 heterocycles. The highest BCUT2D eigenvalue weighted by Crippen LogP contribution is 2.46. The first-order valence-electron chi connectivity index (χ1n) is 14.3. The molecule has 0 saturated carbocycles. The largest absolute Gasteiger partial charge is 0.494 e. The molecule has 226 valence electrons. The van der Waals surface area contributed by atoms with Gasteiger partial charge in [0.1, 0.15) is 28.5 Å². The SMILES string of the molecule is N=[N+]=NCc1ccccc1C[C@@]1(C(=O)N2CCOCC2)N=C(c2ccc(OCCCO)cc2)O[C@@H]1c1ccccc1N=[N+]=N. The van der Waals surface area contributed by atoms with Gasteiger partial charge in [0.15, 0.2) is 22.4 Å². The monoisotopic (exact) mass is 598 g/mol. The summed E-state index contributed by atoms with van der Waals surface area (Å²) in [6, 6.07) is 21.9. The normalized spacial score (nSPS) is 19.2. The van der Waals surface area contributed by atoms with Crippen LogP contribution in [0, 0.1) is 11.1 Å². The van der Waals surface area contributed by atoms with Crippen LogP contribution in [0.5, 0.6) is 5.75 Å². The van der Waals surface area contributed by atoms with Crippen molar-refractivity contribution in [2.75, 3.05) is 39.5 Å². The van der Waals surface area contributed by atoms with Gasteiger partial charge in [-0.1, -0.05) is 42.5 Å².